The number of halogens is 1. The van der Waals surface area contributed by atoms with Gasteiger partial charge in [0.25, 0.3) is 0 Å². The maximum absolute atomic E-state index is 10.8. The lowest BCUT2D eigenvalue weighted by Crippen LogP contribution is -2.02. The minimum absolute atomic E-state index is 0.150. The lowest BCUT2D eigenvalue weighted by molar-refractivity contribution is -0.390. The Kier molecular flexibility index (Phi) is 4.30. The first kappa shape index (κ1) is 13.3. The fourth-order valence-electron chi connectivity index (χ4n) is 1.62. The molecule has 5 nitrogen and oxygen atoms in total. The lowest BCUT2D eigenvalue weighted by Gasteiger charge is -2.09. The van der Waals surface area contributed by atoms with E-state index < -0.39 is 4.92 Å². The summed E-state index contributed by atoms with van der Waals surface area (Å²) in [6.45, 7) is 0.218. The molecule has 0 N–H and O–H groups in total. The standard InChI is InChI=1S/C13H11ClN2O3/c14-8-10-4-1-2-5-11(10)9-19-12-6-3-7-15-13(12)16(17)18/h1-7H,8-9H2. The van der Waals surface area contributed by atoms with Crippen LogP contribution in [0.4, 0.5) is 5.82 Å². The van der Waals surface area contributed by atoms with E-state index in [1.807, 2.05) is 24.3 Å². The topological polar surface area (TPSA) is 65.3 Å². The van der Waals surface area contributed by atoms with Gasteiger partial charge >= 0.3 is 5.82 Å². The van der Waals surface area contributed by atoms with E-state index in [1.54, 1.807) is 6.07 Å². The van der Waals surface area contributed by atoms with Crippen molar-refractivity contribution in [2.75, 3.05) is 0 Å². The number of rotatable bonds is 5. The highest BCUT2D eigenvalue weighted by atomic mass is 35.5. The monoisotopic (exact) mass is 278 g/mol. The summed E-state index contributed by atoms with van der Waals surface area (Å²) in [6, 6.07) is 10.6. The van der Waals surface area contributed by atoms with Crippen LogP contribution in [0, 0.1) is 10.1 Å². The molecule has 2 aromatic rings. The molecule has 0 aliphatic rings. The number of nitro groups is 1. The highest BCUT2D eigenvalue weighted by molar-refractivity contribution is 6.17. The van der Waals surface area contributed by atoms with E-state index in [1.165, 1.54) is 12.3 Å². The van der Waals surface area contributed by atoms with Gasteiger partial charge < -0.3 is 14.9 Å². The van der Waals surface area contributed by atoms with Crippen molar-refractivity contribution in [3.8, 4) is 5.75 Å². The number of hydrogen-bond donors (Lipinski definition) is 0. The molecule has 0 spiro atoms. The van der Waals surface area contributed by atoms with E-state index in [0.29, 0.717) is 5.88 Å². The van der Waals surface area contributed by atoms with Gasteiger partial charge in [-0.1, -0.05) is 24.3 Å². The van der Waals surface area contributed by atoms with Crippen LogP contribution in [0.25, 0.3) is 0 Å². The molecule has 2 rings (SSSR count). The number of alkyl halides is 1. The fraction of sp³-hybridized carbons (Fsp3) is 0.154. The average Bonchev–Trinajstić information content (AvgIpc) is 2.45. The molecule has 0 atom stereocenters. The molecule has 0 aliphatic heterocycles. The zero-order valence-electron chi connectivity index (χ0n) is 9.95. The molecule has 0 aliphatic carbocycles. The number of pyridine rings is 1. The van der Waals surface area contributed by atoms with Crippen molar-refractivity contribution in [2.45, 2.75) is 12.5 Å². The van der Waals surface area contributed by atoms with Crippen molar-refractivity contribution in [3.63, 3.8) is 0 Å². The molecular weight excluding hydrogens is 268 g/mol. The van der Waals surface area contributed by atoms with E-state index in [0.717, 1.165) is 11.1 Å². The van der Waals surface area contributed by atoms with Crippen LogP contribution in [-0.4, -0.2) is 9.91 Å². The summed E-state index contributed by atoms with van der Waals surface area (Å²) in [7, 11) is 0. The van der Waals surface area contributed by atoms with E-state index in [4.69, 9.17) is 16.3 Å². The van der Waals surface area contributed by atoms with Crippen LogP contribution in [-0.2, 0) is 12.5 Å². The Balaban J connectivity index is 2.17. The molecule has 19 heavy (non-hydrogen) atoms. The van der Waals surface area contributed by atoms with Gasteiger partial charge in [-0.25, -0.2) is 0 Å². The second-order valence-corrected chi connectivity index (χ2v) is 4.04. The Hall–Kier alpha value is -2.14. The molecule has 0 saturated carbocycles. The lowest BCUT2D eigenvalue weighted by atomic mass is 10.1. The first-order valence-electron chi connectivity index (χ1n) is 5.57. The third-order valence-corrected chi connectivity index (χ3v) is 2.86. The van der Waals surface area contributed by atoms with Crippen LogP contribution < -0.4 is 4.74 Å². The van der Waals surface area contributed by atoms with E-state index >= 15 is 0 Å². The zero-order chi connectivity index (χ0) is 13.7. The van der Waals surface area contributed by atoms with Crippen molar-refractivity contribution in [1.82, 2.24) is 4.98 Å². The first-order valence-corrected chi connectivity index (χ1v) is 6.10. The molecular formula is C13H11ClN2O3. The van der Waals surface area contributed by atoms with Gasteiger partial charge in [-0.15, -0.1) is 11.6 Å². The summed E-state index contributed by atoms with van der Waals surface area (Å²) < 4.78 is 5.46. The molecule has 0 fully saturated rings. The van der Waals surface area contributed by atoms with Crippen LogP contribution in [0.2, 0.25) is 0 Å². The summed E-state index contributed by atoms with van der Waals surface area (Å²) in [5.41, 5.74) is 1.84. The summed E-state index contributed by atoms with van der Waals surface area (Å²) in [5, 5.41) is 10.8. The summed E-state index contributed by atoms with van der Waals surface area (Å²) >= 11 is 5.82. The summed E-state index contributed by atoms with van der Waals surface area (Å²) in [6.07, 6.45) is 1.36. The van der Waals surface area contributed by atoms with E-state index in [-0.39, 0.29) is 18.2 Å². The Labute approximate surface area is 115 Å². The Morgan fingerprint density at radius 2 is 1.95 bits per heavy atom. The highest BCUT2D eigenvalue weighted by Gasteiger charge is 2.15. The first-order chi connectivity index (χ1) is 9.22. The van der Waals surface area contributed by atoms with E-state index in [2.05, 4.69) is 4.98 Å². The van der Waals surface area contributed by atoms with Crippen molar-refractivity contribution < 1.29 is 9.66 Å². The molecule has 1 aromatic carbocycles. The normalized spacial score (nSPS) is 10.2. The van der Waals surface area contributed by atoms with Gasteiger partial charge in [-0.3, -0.25) is 0 Å². The molecule has 0 amide bonds. The molecule has 0 radical (unpaired) electrons. The van der Waals surface area contributed by atoms with Crippen LogP contribution in [0.15, 0.2) is 42.6 Å². The predicted molar refractivity (Wildman–Crippen MR) is 71.2 cm³/mol. The van der Waals surface area contributed by atoms with Crippen LogP contribution in [0.1, 0.15) is 11.1 Å². The van der Waals surface area contributed by atoms with Gasteiger partial charge in [-0.05, 0) is 33.2 Å². The Bertz CT molecular complexity index is 590. The fourth-order valence-corrected chi connectivity index (χ4v) is 1.88. The molecule has 0 unspecified atom stereocenters. The van der Waals surface area contributed by atoms with Gasteiger partial charge in [0, 0.05) is 5.88 Å². The number of aromatic nitrogens is 1. The predicted octanol–water partition coefficient (Wildman–Crippen LogP) is 3.31. The van der Waals surface area contributed by atoms with Crippen LogP contribution in [0.5, 0.6) is 5.75 Å². The van der Waals surface area contributed by atoms with Crippen LogP contribution >= 0.6 is 11.6 Å². The van der Waals surface area contributed by atoms with Gasteiger partial charge in [0.1, 0.15) is 12.8 Å². The zero-order valence-corrected chi connectivity index (χ0v) is 10.7. The molecule has 0 saturated heterocycles. The van der Waals surface area contributed by atoms with Crippen molar-refractivity contribution in [3.05, 3.63) is 63.8 Å². The van der Waals surface area contributed by atoms with Crippen molar-refractivity contribution in [1.29, 1.82) is 0 Å². The number of hydrogen-bond acceptors (Lipinski definition) is 4. The highest BCUT2D eigenvalue weighted by Crippen LogP contribution is 2.24. The van der Waals surface area contributed by atoms with Crippen LogP contribution in [0.3, 0.4) is 0 Å². The largest absolute Gasteiger partial charge is 0.481 e. The van der Waals surface area contributed by atoms with E-state index in [9.17, 15) is 10.1 Å². The maximum Gasteiger partial charge on any atom is 0.406 e. The third kappa shape index (κ3) is 3.20. The average molecular weight is 279 g/mol. The smallest absolute Gasteiger partial charge is 0.406 e. The summed E-state index contributed by atoms with van der Waals surface area (Å²) in [5.74, 6) is 0.233. The van der Waals surface area contributed by atoms with Gasteiger partial charge in [0.05, 0.1) is 0 Å². The SMILES string of the molecule is O=[N+]([O-])c1ncccc1OCc1ccccc1CCl. The van der Waals surface area contributed by atoms with Gasteiger partial charge in [0.2, 0.25) is 5.75 Å². The molecule has 0 bridgehead atoms. The molecule has 1 aromatic heterocycles. The molecule has 1 heterocycles. The second kappa shape index (κ2) is 6.15. The van der Waals surface area contributed by atoms with Crippen molar-refractivity contribution >= 4 is 17.4 Å². The summed E-state index contributed by atoms with van der Waals surface area (Å²) in [4.78, 5) is 13.9. The second-order valence-electron chi connectivity index (χ2n) is 3.77. The Morgan fingerprint density at radius 3 is 2.63 bits per heavy atom. The van der Waals surface area contributed by atoms with Gasteiger partial charge in [0.15, 0.2) is 0 Å². The number of ether oxygens (including phenoxy) is 1. The van der Waals surface area contributed by atoms with Crippen molar-refractivity contribution in [2.24, 2.45) is 0 Å². The van der Waals surface area contributed by atoms with Gasteiger partial charge in [-0.2, -0.15) is 0 Å². The minimum atomic E-state index is -0.567. The Morgan fingerprint density at radius 1 is 1.21 bits per heavy atom. The quantitative estimate of drug-likeness (QED) is 0.478. The number of benzene rings is 1. The molecule has 6 heteroatoms. The number of nitrogens with zero attached hydrogens (tertiary/aromatic N) is 2. The maximum atomic E-state index is 10.8. The molecule has 98 valence electrons. The minimum Gasteiger partial charge on any atom is -0.481 e. The third-order valence-electron chi connectivity index (χ3n) is 2.57.